The molecule has 0 unspecified atom stereocenters. The summed E-state index contributed by atoms with van der Waals surface area (Å²) in [6.45, 7) is 0. The second kappa shape index (κ2) is 745. The minimum atomic E-state index is -0.222. The van der Waals surface area contributed by atoms with Crippen LogP contribution in [0.4, 0.5) is 0 Å². The fraction of sp³-hybridized carbons (Fsp3) is 0. The van der Waals surface area contributed by atoms with Gasteiger partial charge < -0.3 is 43.8 Å². The van der Waals surface area contributed by atoms with Crippen molar-refractivity contribution in [2.24, 2.45) is 0 Å². The van der Waals surface area contributed by atoms with Gasteiger partial charge in [-0.3, -0.25) is 0 Å². The molecule has 0 aromatic heterocycles. The molecule has 0 heterocycles. The normalized spacial score (nSPS) is 0.600. The summed E-state index contributed by atoms with van der Waals surface area (Å²) in [6.07, 6.45) is 0. The van der Waals surface area contributed by atoms with E-state index in [4.69, 9.17) is 0.0399 Å². The van der Waals surface area contributed by atoms with Crippen LogP contribution in [0.15, 0.2) is 0 Å². The summed E-state index contributed by atoms with van der Waals surface area (Å²) in [4.78, 5) is 0. The third-order valence-electron chi connectivity index (χ3n) is 0. The van der Waals surface area contributed by atoms with Crippen molar-refractivity contribution in [1.82, 2.24) is 0 Å². The van der Waals surface area contributed by atoms with Crippen LogP contribution >= 0.6 is 0 Å². The summed E-state index contributed by atoms with van der Waals surface area (Å²) in [7, 11) is 0. The van der Waals surface area contributed by atoms with Gasteiger partial charge in [0.25, 0.3) is 0 Å². The molecule has 0 radical (unpaired) electrons. The van der Waals surface area contributed by atoms with E-state index in [9.17, 15) is 0 Å². The first-order valence-electron chi connectivity index (χ1n) is 0.289. The molecule has 0 aliphatic rings. The molecule has 0 spiro atoms. The van der Waals surface area contributed by atoms with Crippen LogP contribution in [0.2, 0.25) is 0 Å². The van der Waals surface area contributed by atoms with Crippen LogP contribution in [0.3, 0.4) is 0 Å². The summed E-state index contributed by atoms with van der Waals surface area (Å²) in [5.41, 5.74) is 0. The van der Waals surface area contributed by atoms with Crippen molar-refractivity contribution < 1.29 is 43.8 Å². The molecule has 0 rings (SSSR count). The van der Waals surface area contributed by atoms with Crippen LogP contribution in [0, 0.1) is 0 Å². The van der Waals surface area contributed by atoms with Crippen molar-refractivity contribution >= 4 is 46.7 Å². The molecule has 0 aromatic carbocycles. The summed E-state index contributed by atoms with van der Waals surface area (Å²) in [5.74, 6) is 0. The van der Waals surface area contributed by atoms with Crippen molar-refractivity contribution in [1.29, 1.82) is 0 Å². The van der Waals surface area contributed by atoms with E-state index < -0.39 is 0 Å². The van der Waals surface area contributed by atoms with E-state index in [0.29, 0.717) is 0 Å². The Morgan fingerprint density at radius 2 is 0.400 bits per heavy atom. The Kier molecular flexibility index (Phi) is 19800. The van der Waals surface area contributed by atoms with Crippen LogP contribution < -0.4 is 0 Å². The molecule has 0 aliphatic heterocycles. The molecule has 10 heteroatoms. The predicted molar refractivity (Wildman–Crippen MR) is 35.4 cm³/mol. The van der Waals surface area contributed by atoms with E-state index in [-0.39, 0.29) is 90.5 Å². The Labute approximate surface area is 89.7 Å². The van der Waals surface area contributed by atoms with Crippen molar-refractivity contribution in [3.63, 3.8) is 0 Å². The fourth-order valence-corrected chi connectivity index (χ4v) is 0. The molecule has 0 saturated heterocycles. The molecule has 0 amide bonds. The molecule has 0 fully saturated rings. The molecule has 0 saturated carbocycles. The van der Waals surface area contributed by atoms with Crippen LogP contribution in [-0.4, -0.2) is 90.5 Å². The van der Waals surface area contributed by atoms with Gasteiger partial charge in [0.2, 0.25) is 0 Å². The first-order chi connectivity index (χ1) is 1.00. The van der Waals surface area contributed by atoms with E-state index in [2.05, 4.69) is 0 Å². The molecule has 0 aromatic rings. The molecule has 0 atom stereocenters. The van der Waals surface area contributed by atoms with Crippen molar-refractivity contribution in [3.05, 3.63) is 0 Å². The summed E-state index contributed by atoms with van der Waals surface area (Å²) in [6, 6.07) is 0. The van der Waals surface area contributed by atoms with E-state index in [0.717, 1.165) is 0 Å². The zero-order chi connectivity index (χ0) is 2.00. The molecule has 16 N–H and O–H groups in total. The van der Waals surface area contributed by atoms with Gasteiger partial charge in [-0.15, -0.1) is 0 Å². The topological polar surface area (TPSA) is 269 Å². The average Bonchev–Trinajstić information content (AvgIpc) is 1.00. The Morgan fingerprint density at radius 3 is 0.400 bits per heavy atom. The van der Waals surface area contributed by atoms with Gasteiger partial charge >= 0.3 is 46.8 Å². The van der Waals surface area contributed by atoms with Gasteiger partial charge in [0, 0.05) is 0 Å². The third-order valence-corrected chi connectivity index (χ3v) is 0. The SMILES string of the molecule is O.O.O.O.O.O.O.O.[O]=[Ba]. The maximum absolute atomic E-state index is 8.44. The minimum absolute atomic E-state index is 0. The van der Waals surface area contributed by atoms with Crippen LogP contribution in [0.25, 0.3) is 0 Å². The van der Waals surface area contributed by atoms with Gasteiger partial charge in [-0.1, -0.05) is 0 Å². The molecular weight excluding hydrogens is 281 g/mol. The Morgan fingerprint density at radius 1 is 0.400 bits per heavy atom. The predicted octanol–water partition coefficient (Wildman–Crippen LogP) is -7.10. The molecule has 72 valence electrons. The van der Waals surface area contributed by atoms with Gasteiger partial charge in [-0.25, -0.2) is 0 Å². The van der Waals surface area contributed by atoms with Gasteiger partial charge in [-0.05, 0) is 0 Å². The number of hydrogen-bond donors (Lipinski definition) is 0. The standard InChI is InChI=1S/Ba.8H2O.O/h;8*1H2;. The summed E-state index contributed by atoms with van der Waals surface area (Å²) < 4.78 is 8.44. The molecular formula is H16BaO9. The second-order valence-corrected chi connectivity index (χ2v) is 0. The van der Waals surface area contributed by atoms with E-state index in [1.807, 2.05) is 0 Å². The average molecular weight is 297 g/mol. The summed E-state index contributed by atoms with van der Waals surface area (Å²) in [5, 5.41) is 0. The van der Waals surface area contributed by atoms with Crippen LogP contribution in [0.5, 0.6) is 0 Å². The van der Waals surface area contributed by atoms with Crippen molar-refractivity contribution in [3.8, 4) is 0 Å². The second-order valence-electron chi connectivity index (χ2n) is 0. The van der Waals surface area contributed by atoms with Crippen molar-refractivity contribution in [2.75, 3.05) is 0 Å². The summed E-state index contributed by atoms with van der Waals surface area (Å²) >= 11 is -0.222. The Hall–Kier alpha value is 1.05. The quantitative estimate of drug-likeness (QED) is 0.387. The zero-order valence-corrected chi connectivity index (χ0v) is 9.56. The number of hydrogen-bond acceptors (Lipinski definition) is 1. The number of rotatable bonds is 0. The zero-order valence-electron chi connectivity index (χ0n) is 5.12. The van der Waals surface area contributed by atoms with Gasteiger partial charge in [-0.2, -0.15) is 0 Å². The molecule has 0 aliphatic carbocycles. The Balaban J connectivity index is -0.000000000179. The molecule has 10 heavy (non-hydrogen) atoms. The third kappa shape index (κ3) is 531. The van der Waals surface area contributed by atoms with Crippen LogP contribution in [0.1, 0.15) is 0 Å². The first-order valence-corrected chi connectivity index (χ1v) is 2.10. The fourth-order valence-electron chi connectivity index (χ4n) is 0. The van der Waals surface area contributed by atoms with E-state index in [1.165, 1.54) is 0 Å². The monoisotopic (exact) mass is 298 g/mol. The van der Waals surface area contributed by atoms with Crippen molar-refractivity contribution in [2.45, 2.75) is 0 Å². The van der Waals surface area contributed by atoms with Gasteiger partial charge in [0.05, 0.1) is 0 Å². The maximum atomic E-state index is 8.44. The van der Waals surface area contributed by atoms with E-state index >= 15 is 0 Å². The van der Waals surface area contributed by atoms with Gasteiger partial charge in [0.15, 0.2) is 0 Å². The van der Waals surface area contributed by atoms with E-state index in [1.54, 1.807) is 0 Å². The van der Waals surface area contributed by atoms with Gasteiger partial charge in [0.1, 0.15) is 0 Å². The first kappa shape index (κ1) is 265. The Bertz CT molecular complexity index is 4.69. The van der Waals surface area contributed by atoms with Crippen LogP contribution in [-0.2, 0) is 0.0399 Å². The molecule has 9 nitrogen and oxygen atoms in total. The molecule has 0 bridgehead atoms.